The Morgan fingerprint density at radius 3 is 2.69 bits per heavy atom. The topological polar surface area (TPSA) is 77.0 Å². The van der Waals surface area contributed by atoms with Gasteiger partial charge in [0.2, 0.25) is 0 Å². The van der Waals surface area contributed by atoms with Crippen LogP contribution >= 0.6 is 11.3 Å². The first kappa shape index (κ1) is 19.0. The van der Waals surface area contributed by atoms with Crippen molar-refractivity contribution in [1.29, 1.82) is 0 Å². The van der Waals surface area contributed by atoms with Crippen molar-refractivity contribution in [3.8, 4) is 5.75 Å². The summed E-state index contributed by atoms with van der Waals surface area (Å²) in [6, 6.07) is 6.45. The van der Waals surface area contributed by atoms with Crippen LogP contribution in [0.25, 0.3) is 21.3 Å². The smallest absolute Gasteiger partial charge is 0.422 e. The summed E-state index contributed by atoms with van der Waals surface area (Å²) in [7, 11) is 0. The molecule has 6 nitrogen and oxygen atoms in total. The molecule has 0 aliphatic heterocycles. The van der Waals surface area contributed by atoms with Crippen LogP contribution in [-0.2, 0) is 0 Å². The number of aromatic nitrogens is 3. The van der Waals surface area contributed by atoms with E-state index in [9.17, 15) is 22.4 Å². The van der Waals surface area contributed by atoms with E-state index in [0.717, 1.165) is 17.4 Å². The number of hydrogen-bond donors (Lipinski definition) is 1. The van der Waals surface area contributed by atoms with Gasteiger partial charge in [0.15, 0.2) is 11.7 Å². The summed E-state index contributed by atoms with van der Waals surface area (Å²) in [5, 5.41) is 2.75. The van der Waals surface area contributed by atoms with Crippen LogP contribution in [0.5, 0.6) is 5.75 Å². The van der Waals surface area contributed by atoms with Gasteiger partial charge in [0.25, 0.3) is 5.91 Å². The van der Waals surface area contributed by atoms with E-state index in [2.05, 4.69) is 20.3 Å². The second-order valence-corrected chi connectivity index (χ2v) is 6.91. The van der Waals surface area contributed by atoms with Gasteiger partial charge in [-0.05, 0) is 24.3 Å². The number of carbonyl (C=O) groups is 1. The standard InChI is InChI=1S/C18H10F4N4O2S/c19-9-5-11(15-13(6-9)23-3-4-24-15)16(27)26-17-25-12-2-1-10(7-14(12)29-17)28-8-18(20,21)22/h1-7H,8H2,(H,25,26,27). The molecule has 29 heavy (non-hydrogen) atoms. The fourth-order valence-electron chi connectivity index (χ4n) is 2.59. The molecule has 2 heterocycles. The van der Waals surface area contributed by atoms with Crippen LogP contribution in [-0.4, -0.2) is 33.6 Å². The first-order valence-electron chi connectivity index (χ1n) is 8.10. The molecule has 0 saturated carbocycles. The normalized spacial score (nSPS) is 11.7. The Morgan fingerprint density at radius 2 is 1.90 bits per heavy atom. The van der Waals surface area contributed by atoms with Crippen molar-refractivity contribution in [1.82, 2.24) is 15.0 Å². The van der Waals surface area contributed by atoms with Gasteiger partial charge in [-0.15, -0.1) is 0 Å². The zero-order chi connectivity index (χ0) is 20.6. The molecule has 2 aromatic carbocycles. The molecule has 1 amide bonds. The van der Waals surface area contributed by atoms with Gasteiger partial charge >= 0.3 is 6.18 Å². The monoisotopic (exact) mass is 422 g/mol. The predicted molar refractivity (Wildman–Crippen MR) is 98.6 cm³/mol. The number of nitrogens with zero attached hydrogens (tertiary/aromatic N) is 3. The van der Waals surface area contributed by atoms with Crippen LogP contribution in [0.15, 0.2) is 42.7 Å². The lowest BCUT2D eigenvalue weighted by atomic mass is 10.1. The van der Waals surface area contributed by atoms with Crippen molar-refractivity contribution < 1.29 is 27.1 Å². The Bertz CT molecular complexity index is 1230. The Morgan fingerprint density at radius 1 is 1.10 bits per heavy atom. The maximum absolute atomic E-state index is 13.8. The Kier molecular flexibility index (Phi) is 4.74. The lowest BCUT2D eigenvalue weighted by molar-refractivity contribution is -0.153. The van der Waals surface area contributed by atoms with Crippen molar-refractivity contribution >= 4 is 43.6 Å². The molecule has 148 valence electrons. The van der Waals surface area contributed by atoms with E-state index in [1.165, 1.54) is 36.7 Å². The molecular formula is C18H10F4N4O2S. The summed E-state index contributed by atoms with van der Waals surface area (Å²) >= 11 is 1.04. The molecule has 0 spiro atoms. The SMILES string of the molecule is O=C(Nc1nc2ccc(OCC(F)(F)F)cc2s1)c1cc(F)cc2nccnc12. The van der Waals surface area contributed by atoms with Crippen LogP contribution in [0.3, 0.4) is 0 Å². The summed E-state index contributed by atoms with van der Waals surface area (Å²) in [6.07, 6.45) is -1.68. The van der Waals surface area contributed by atoms with E-state index in [1.807, 2.05) is 0 Å². The number of benzene rings is 2. The Labute approximate surface area is 164 Å². The molecule has 1 N–H and O–H groups in total. The van der Waals surface area contributed by atoms with Crippen LogP contribution in [0, 0.1) is 5.82 Å². The van der Waals surface area contributed by atoms with Crippen molar-refractivity contribution in [2.75, 3.05) is 11.9 Å². The molecule has 0 fully saturated rings. The van der Waals surface area contributed by atoms with Gasteiger partial charge in [0.05, 0.1) is 21.3 Å². The number of halogens is 4. The van der Waals surface area contributed by atoms with Gasteiger partial charge in [-0.3, -0.25) is 20.1 Å². The number of rotatable bonds is 4. The Hall–Kier alpha value is -3.34. The number of thiazole rings is 1. The highest BCUT2D eigenvalue weighted by molar-refractivity contribution is 7.22. The first-order chi connectivity index (χ1) is 13.8. The largest absolute Gasteiger partial charge is 0.484 e. The maximum Gasteiger partial charge on any atom is 0.422 e. The van der Waals surface area contributed by atoms with Gasteiger partial charge in [-0.1, -0.05) is 11.3 Å². The fourth-order valence-corrected chi connectivity index (χ4v) is 3.48. The van der Waals surface area contributed by atoms with Crippen molar-refractivity contribution in [2.24, 2.45) is 0 Å². The summed E-state index contributed by atoms with van der Waals surface area (Å²) in [4.78, 5) is 24.9. The molecule has 0 unspecified atom stereocenters. The number of ether oxygens (including phenoxy) is 1. The van der Waals surface area contributed by atoms with Crippen LogP contribution in [0.2, 0.25) is 0 Å². The third-order valence-electron chi connectivity index (χ3n) is 3.77. The summed E-state index contributed by atoms with van der Waals surface area (Å²) in [5.74, 6) is -1.25. The zero-order valence-electron chi connectivity index (χ0n) is 14.3. The molecule has 4 rings (SSSR count). The Balaban J connectivity index is 1.59. The van der Waals surface area contributed by atoms with E-state index in [4.69, 9.17) is 4.74 Å². The molecule has 11 heteroatoms. The van der Waals surface area contributed by atoms with Crippen LogP contribution < -0.4 is 10.1 Å². The number of alkyl halides is 3. The predicted octanol–water partition coefficient (Wildman–Crippen LogP) is 4.57. The fraction of sp³-hybridized carbons (Fsp3) is 0.111. The minimum atomic E-state index is -4.45. The van der Waals surface area contributed by atoms with Gasteiger partial charge in [-0.25, -0.2) is 9.37 Å². The number of carbonyl (C=O) groups excluding carboxylic acids is 1. The van der Waals surface area contributed by atoms with Gasteiger partial charge in [-0.2, -0.15) is 13.2 Å². The maximum atomic E-state index is 13.8. The van der Waals surface area contributed by atoms with E-state index in [1.54, 1.807) is 0 Å². The third-order valence-corrected chi connectivity index (χ3v) is 4.70. The molecular weight excluding hydrogens is 412 g/mol. The van der Waals surface area contributed by atoms with E-state index < -0.39 is 24.5 Å². The highest BCUT2D eigenvalue weighted by Crippen LogP contribution is 2.30. The highest BCUT2D eigenvalue weighted by Gasteiger charge is 2.28. The van der Waals surface area contributed by atoms with E-state index in [0.29, 0.717) is 10.2 Å². The minimum Gasteiger partial charge on any atom is -0.484 e. The zero-order valence-corrected chi connectivity index (χ0v) is 15.1. The van der Waals surface area contributed by atoms with E-state index in [-0.39, 0.29) is 27.5 Å². The first-order valence-corrected chi connectivity index (χ1v) is 8.92. The molecule has 0 atom stereocenters. The molecule has 0 bridgehead atoms. The van der Waals surface area contributed by atoms with Crippen molar-refractivity contribution in [3.63, 3.8) is 0 Å². The third kappa shape index (κ3) is 4.24. The lowest BCUT2D eigenvalue weighted by Crippen LogP contribution is -2.19. The number of hydrogen-bond acceptors (Lipinski definition) is 6. The van der Waals surface area contributed by atoms with Crippen molar-refractivity contribution in [2.45, 2.75) is 6.18 Å². The molecule has 4 aromatic rings. The minimum absolute atomic E-state index is 0.0124. The molecule has 0 aliphatic carbocycles. The summed E-state index contributed by atoms with van der Waals surface area (Å²) in [6.45, 7) is -1.41. The number of nitrogens with one attached hydrogen (secondary N) is 1. The summed E-state index contributed by atoms with van der Waals surface area (Å²) in [5.41, 5.74) is 0.916. The summed E-state index contributed by atoms with van der Waals surface area (Å²) < 4.78 is 55.9. The van der Waals surface area contributed by atoms with Gasteiger partial charge in [0.1, 0.15) is 17.1 Å². The second kappa shape index (κ2) is 7.24. The quantitative estimate of drug-likeness (QED) is 0.488. The molecule has 0 aliphatic rings. The van der Waals surface area contributed by atoms with Crippen molar-refractivity contribution in [3.05, 3.63) is 54.1 Å². The van der Waals surface area contributed by atoms with E-state index >= 15 is 0 Å². The number of anilines is 1. The van der Waals surface area contributed by atoms with Gasteiger partial charge < -0.3 is 4.74 Å². The molecule has 2 aromatic heterocycles. The molecule has 0 saturated heterocycles. The van der Waals surface area contributed by atoms with Crippen LogP contribution in [0.4, 0.5) is 22.7 Å². The van der Waals surface area contributed by atoms with Crippen LogP contribution in [0.1, 0.15) is 10.4 Å². The lowest BCUT2D eigenvalue weighted by Gasteiger charge is -2.08. The average Bonchev–Trinajstić information content (AvgIpc) is 3.06. The second-order valence-electron chi connectivity index (χ2n) is 5.88. The number of fused-ring (bicyclic) bond motifs is 2. The van der Waals surface area contributed by atoms with Gasteiger partial charge in [0, 0.05) is 18.5 Å². The highest BCUT2D eigenvalue weighted by atomic mass is 32.1. The number of amides is 1. The molecule has 0 radical (unpaired) electrons. The average molecular weight is 422 g/mol.